The van der Waals surface area contributed by atoms with Crippen molar-refractivity contribution in [2.24, 2.45) is 0 Å². The van der Waals surface area contributed by atoms with Gasteiger partial charge in [-0.2, -0.15) is 13.2 Å². The summed E-state index contributed by atoms with van der Waals surface area (Å²) in [5.74, 6) is 0. The van der Waals surface area contributed by atoms with Crippen molar-refractivity contribution in [3.63, 3.8) is 0 Å². The highest BCUT2D eigenvalue weighted by atomic mass is 19.4. The van der Waals surface area contributed by atoms with Gasteiger partial charge in [0.1, 0.15) is 0 Å². The van der Waals surface area contributed by atoms with Crippen LogP contribution in [0, 0.1) is 0 Å². The fourth-order valence-electron chi connectivity index (χ4n) is 3.10. The van der Waals surface area contributed by atoms with E-state index < -0.39 is 11.8 Å². The van der Waals surface area contributed by atoms with Gasteiger partial charge in [-0.25, -0.2) is 10.4 Å². The molecule has 2 aliphatic rings. The minimum Gasteiger partial charge on any atom is -0.219 e. The molecule has 2 fully saturated rings. The summed E-state index contributed by atoms with van der Waals surface area (Å²) >= 11 is 0. The maximum absolute atomic E-state index is 13.5. The van der Waals surface area contributed by atoms with Crippen molar-refractivity contribution in [2.75, 3.05) is 0 Å². The van der Waals surface area contributed by atoms with Crippen molar-refractivity contribution in [2.45, 2.75) is 50.0 Å². The van der Waals surface area contributed by atoms with E-state index in [4.69, 9.17) is 0 Å². The van der Waals surface area contributed by atoms with Gasteiger partial charge >= 0.3 is 6.18 Å². The summed E-state index contributed by atoms with van der Waals surface area (Å²) in [6.07, 6.45) is 0.562. The number of alkyl halides is 3. The zero-order chi connectivity index (χ0) is 13.5. The first-order valence-corrected chi connectivity index (χ1v) is 6.75. The van der Waals surface area contributed by atoms with Gasteiger partial charge in [0.15, 0.2) is 0 Å². The van der Waals surface area contributed by atoms with Crippen molar-refractivity contribution >= 4 is 0 Å². The van der Waals surface area contributed by atoms with Crippen LogP contribution in [0.3, 0.4) is 0 Å². The average Bonchev–Trinajstić information content (AvgIpc) is 3.17. The molecule has 2 unspecified atom stereocenters. The predicted octanol–water partition coefficient (Wildman–Crippen LogP) is 3.55. The fraction of sp³-hybridized carbons (Fsp3) is 0.571. The van der Waals surface area contributed by atoms with Crippen LogP contribution in [0.1, 0.15) is 37.7 Å². The molecule has 104 valence electrons. The minimum atomic E-state index is -4.30. The highest BCUT2D eigenvalue weighted by molar-refractivity contribution is 5.31. The molecule has 0 spiro atoms. The lowest BCUT2D eigenvalue weighted by molar-refractivity contribution is -0.178. The number of hydrogen-bond acceptors (Lipinski definition) is 2. The number of hydrogen-bond donors (Lipinski definition) is 1. The van der Waals surface area contributed by atoms with Crippen molar-refractivity contribution in [3.8, 4) is 0 Å². The number of hydrazine groups is 1. The maximum Gasteiger partial charge on any atom is 0.426 e. The Morgan fingerprint density at radius 1 is 1.05 bits per heavy atom. The monoisotopic (exact) mass is 270 g/mol. The van der Waals surface area contributed by atoms with Crippen LogP contribution in [0.15, 0.2) is 30.3 Å². The number of benzene rings is 1. The molecule has 19 heavy (non-hydrogen) atoms. The van der Waals surface area contributed by atoms with E-state index in [1.165, 1.54) is 5.01 Å². The predicted molar refractivity (Wildman–Crippen MR) is 66.0 cm³/mol. The molecule has 1 aliphatic carbocycles. The first kappa shape index (κ1) is 12.9. The Kier molecular flexibility index (Phi) is 3.06. The van der Waals surface area contributed by atoms with E-state index in [2.05, 4.69) is 5.43 Å². The number of nitrogens with one attached hydrogen (secondary N) is 1. The van der Waals surface area contributed by atoms with Gasteiger partial charge in [-0.1, -0.05) is 49.6 Å². The molecule has 1 aromatic rings. The summed E-state index contributed by atoms with van der Waals surface area (Å²) in [6, 6.07) is 8.13. The van der Waals surface area contributed by atoms with E-state index in [1.807, 2.05) is 0 Å². The standard InChI is InChI=1S/C14H17F3N2/c15-14(16,17)13(11-7-3-1-4-8-11)18-19(13)12-9-5-2-6-10-12/h1,3-4,7-8,12,18H,2,5-6,9-10H2. The van der Waals surface area contributed by atoms with Crippen molar-refractivity contribution in [3.05, 3.63) is 35.9 Å². The topological polar surface area (TPSA) is 25.0 Å². The van der Waals surface area contributed by atoms with E-state index in [1.54, 1.807) is 30.3 Å². The highest BCUT2D eigenvalue weighted by Crippen LogP contribution is 2.52. The van der Waals surface area contributed by atoms with Gasteiger partial charge in [0.2, 0.25) is 5.66 Å². The summed E-state index contributed by atoms with van der Waals surface area (Å²) in [5.41, 5.74) is 0.940. The van der Waals surface area contributed by atoms with Crippen LogP contribution in [-0.2, 0) is 5.66 Å². The maximum atomic E-state index is 13.5. The van der Waals surface area contributed by atoms with Crippen LogP contribution >= 0.6 is 0 Å². The fourth-order valence-corrected chi connectivity index (χ4v) is 3.10. The zero-order valence-corrected chi connectivity index (χ0v) is 10.6. The van der Waals surface area contributed by atoms with Gasteiger partial charge in [0.05, 0.1) is 0 Å². The van der Waals surface area contributed by atoms with E-state index in [-0.39, 0.29) is 11.6 Å². The van der Waals surface area contributed by atoms with E-state index in [0.717, 1.165) is 32.1 Å². The van der Waals surface area contributed by atoms with Crippen molar-refractivity contribution in [1.82, 2.24) is 10.4 Å². The Balaban J connectivity index is 1.89. The third-order valence-electron chi connectivity index (χ3n) is 4.14. The second-order valence-electron chi connectivity index (χ2n) is 5.35. The Bertz CT molecular complexity index is 440. The normalized spacial score (nSPS) is 32.3. The summed E-state index contributed by atoms with van der Waals surface area (Å²) in [7, 11) is 0. The smallest absolute Gasteiger partial charge is 0.219 e. The second-order valence-corrected chi connectivity index (χ2v) is 5.35. The van der Waals surface area contributed by atoms with Crippen LogP contribution in [-0.4, -0.2) is 17.2 Å². The number of nitrogens with zero attached hydrogens (tertiary/aromatic N) is 1. The minimum absolute atomic E-state index is 0.00409. The molecule has 5 heteroatoms. The van der Waals surface area contributed by atoms with Gasteiger partial charge in [-0.3, -0.25) is 0 Å². The van der Waals surface area contributed by atoms with Crippen LogP contribution in [0.4, 0.5) is 13.2 Å². The molecule has 0 radical (unpaired) electrons. The molecule has 0 amide bonds. The van der Waals surface area contributed by atoms with E-state index >= 15 is 0 Å². The second kappa shape index (κ2) is 4.49. The molecule has 1 aromatic carbocycles. The first-order chi connectivity index (χ1) is 9.06. The molecule has 2 nitrogen and oxygen atoms in total. The van der Waals surface area contributed by atoms with Gasteiger partial charge < -0.3 is 0 Å². The zero-order valence-electron chi connectivity index (χ0n) is 10.6. The van der Waals surface area contributed by atoms with Gasteiger partial charge in [0, 0.05) is 6.04 Å². The number of rotatable bonds is 2. The van der Waals surface area contributed by atoms with Gasteiger partial charge in [-0.15, -0.1) is 0 Å². The molecule has 2 atom stereocenters. The molecule has 1 N–H and O–H groups in total. The highest BCUT2D eigenvalue weighted by Gasteiger charge is 2.72. The average molecular weight is 270 g/mol. The van der Waals surface area contributed by atoms with Crippen LogP contribution in [0.5, 0.6) is 0 Å². The quantitative estimate of drug-likeness (QED) is 0.831. The molecule has 1 heterocycles. The lowest BCUT2D eigenvalue weighted by Gasteiger charge is -2.26. The molecule has 0 bridgehead atoms. The summed E-state index contributed by atoms with van der Waals surface area (Å²) < 4.78 is 40.4. The Morgan fingerprint density at radius 2 is 1.68 bits per heavy atom. The molecule has 1 aliphatic heterocycles. The molecule has 1 saturated carbocycles. The first-order valence-electron chi connectivity index (χ1n) is 6.75. The number of halogens is 3. The van der Waals surface area contributed by atoms with Gasteiger partial charge in [-0.05, 0) is 18.4 Å². The Morgan fingerprint density at radius 3 is 2.26 bits per heavy atom. The Hall–Kier alpha value is -1.07. The summed E-state index contributed by atoms with van der Waals surface area (Å²) in [5, 5.41) is 1.42. The SMILES string of the molecule is FC(F)(F)C1(c2ccccc2)NN1C1CCCCC1. The molecular formula is C14H17F3N2. The molecular weight excluding hydrogens is 253 g/mol. The van der Waals surface area contributed by atoms with Crippen molar-refractivity contribution < 1.29 is 13.2 Å². The van der Waals surface area contributed by atoms with Crippen LogP contribution in [0.2, 0.25) is 0 Å². The van der Waals surface area contributed by atoms with E-state index in [0.29, 0.717) is 0 Å². The van der Waals surface area contributed by atoms with Crippen LogP contribution in [0.25, 0.3) is 0 Å². The van der Waals surface area contributed by atoms with Crippen LogP contribution < -0.4 is 5.43 Å². The summed E-state index contributed by atoms with van der Waals surface area (Å²) in [4.78, 5) is 0. The largest absolute Gasteiger partial charge is 0.426 e. The molecule has 1 saturated heterocycles. The third-order valence-corrected chi connectivity index (χ3v) is 4.14. The lowest BCUT2D eigenvalue weighted by atomic mass is 9.93. The molecule has 3 rings (SSSR count). The Labute approximate surface area is 110 Å². The summed E-state index contributed by atoms with van der Waals surface area (Å²) in [6.45, 7) is 0. The third kappa shape index (κ3) is 2.05. The molecule has 0 aromatic heterocycles. The lowest BCUT2D eigenvalue weighted by Crippen LogP contribution is -2.38. The van der Waals surface area contributed by atoms with Crippen molar-refractivity contribution in [1.29, 1.82) is 0 Å². The van der Waals surface area contributed by atoms with E-state index in [9.17, 15) is 13.2 Å². The van der Waals surface area contributed by atoms with Gasteiger partial charge in [0.25, 0.3) is 0 Å².